The lowest BCUT2D eigenvalue weighted by Gasteiger charge is -2.06. The topological polar surface area (TPSA) is 73.2 Å². The number of carbonyl (C=O) groups is 2. The van der Waals surface area contributed by atoms with Crippen LogP contribution in [0.25, 0.3) is 6.08 Å². The average Bonchev–Trinajstić information content (AvgIpc) is 2.68. The lowest BCUT2D eigenvalue weighted by Crippen LogP contribution is -2.30. The van der Waals surface area contributed by atoms with Gasteiger partial charge in [0.05, 0.1) is 11.6 Å². The van der Waals surface area contributed by atoms with Gasteiger partial charge in [-0.2, -0.15) is 5.26 Å². The highest BCUT2D eigenvalue weighted by Gasteiger charge is 2.32. The third kappa shape index (κ3) is 2.53. The molecule has 0 bridgehead atoms. The molecule has 0 atom stereocenters. The van der Waals surface area contributed by atoms with Crippen LogP contribution in [0.15, 0.2) is 42.6 Å². The summed E-state index contributed by atoms with van der Waals surface area (Å²) in [6, 6.07) is 8.27. The van der Waals surface area contributed by atoms with Crippen LogP contribution in [0.3, 0.4) is 0 Å². The number of urea groups is 1. The first-order chi connectivity index (χ1) is 9.15. The molecule has 1 aromatic carbocycles. The molecule has 94 valence electrons. The minimum atomic E-state index is -0.454. The van der Waals surface area contributed by atoms with Gasteiger partial charge in [0.1, 0.15) is 5.70 Å². The Balaban J connectivity index is 2.24. The van der Waals surface area contributed by atoms with E-state index < -0.39 is 6.03 Å². The van der Waals surface area contributed by atoms with Crippen molar-refractivity contribution >= 4 is 18.0 Å². The zero-order chi connectivity index (χ0) is 13.8. The van der Waals surface area contributed by atoms with Crippen molar-refractivity contribution in [1.82, 2.24) is 10.2 Å². The average molecular weight is 253 g/mol. The summed E-state index contributed by atoms with van der Waals surface area (Å²) >= 11 is 0. The number of nitriles is 1. The van der Waals surface area contributed by atoms with E-state index in [-0.39, 0.29) is 18.1 Å². The summed E-state index contributed by atoms with van der Waals surface area (Å²) in [5.41, 5.74) is 1.50. The SMILES string of the molecule is C=CCN1C(=O)N/C(=C/c2ccc(C#N)cc2)C1=O. The van der Waals surface area contributed by atoms with Gasteiger partial charge in [-0.15, -0.1) is 6.58 Å². The standard InChI is InChI=1S/C14H11N3O2/c1-2-7-17-13(18)12(16-14(17)19)8-10-3-5-11(9-15)6-4-10/h2-6,8H,1,7H2,(H,16,19)/b12-8+. The summed E-state index contributed by atoms with van der Waals surface area (Å²) in [6.45, 7) is 3.67. The Morgan fingerprint density at radius 1 is 1.32 bits per heavy atom. The number of carbonyl (C=O) groups excluding carboxylic acids is 2. The molecule has 1 aromatic rings. The highest BCUT2D eigenvalue weighted by molar-refractivity contribution is 6.14. The van der Waals surface area contributed by atoms with Crippen LogP contribution in [0.2, 0.25) is 0 Å². The monoisotopic (exact) mass is 253 g/mol. The van der Waals surface area contributed by atoms with Crippen LogP contribution in [0.5, 0.6) is 0 Å². The summed E-state index contributed by atoms with van der Waals surface area (Å²) < 4.78 is 0. The largest absolute Gasteiger partial charge is 0.329 e. The van der Waals surface area contributed by atoms with Crippen molar-refractivity contribution in [1.29, 1.82) is 5.26 Å². The molecule has 1 fully saturated rings. The predicted molar refractivity (Wildman–Crippen MR) is 69.6 cm³/mol. The number of hydrogen-bond acceptors (Lipinski definition) is 3. The van der Waals surface area contributed by atoms with Gasteiger partial charge in [0, 0.05) is 6.54 Å². The fraction of sp³-hybridized carbons (Fsp3) is 0.0714. The van der Waals surface area contributed by atoms with E-state index >= 15 is 0 Å². The Morgan fingerprint density at radius 3 is 2.58 bits per heavy atom. The maximum Gasteiger partial charge on any atom is 0.329 e. The van der Waals surface area contributed by atoms with Crippen molar-refractivity contribution in [3.8, 4) is 6.07 Å². The normalized spacial score (nSPS) is 16.4. The number of nitrogens with zero attached hydrogens (tertiary/aromatic N) is 2. The smallest absolute Gasteiger partial charge is 0.303 e. The Hall–Kier alpha value is -2.87. The van der Waals surface area contributed by atoms with Crippen molar-refractivity contribution in [3.63, 3.8) is 0 Å². The molecule has 1 aliphatic heterocycles. The van der Waals surface area contributed by atoms with E-state index in [1.165, 1.54) is 6.08 Å². The molecule has 0 unspecified atom stereocenters. The third-order valence-corrected chi connectivity index (χ3v) is 2.62. The van der Waals surface area contributed by atoms with Crippen molar-refractivity contribution in [3.05, 3.63) is 53.7 Å². The fourth-order valence-corrected chi connectivity index (χ4v) is 1.69. The zero-order valence-corrected chi connectivity index (χ0v) is 10.1. The van der Waals surface area contributed by atoms with Crippen LogP contribution in [0.4, 0.5) is 4.79 Å². The Morgan fingerprint density at radius 2 is 2.00 bits per heavy atom. The molecule has 1 aliphatic rings. The summed E-state index contributed by atoms with van der Waals surface area (Å²) in [5.74, 6) is -0.380. The molecule has 0 spiro atoms. The van der Waals surface area contributed by atoms with E-state index in [9.17, 15) is 9.59 Å². The number of nitrogens with one attached hydrogen (secondary N) is 1. The first kappa shape index (κ1) is 12.6. The van der Waals surface area contributed by atoms with Gasteiger partial charge in [-0.25, -0.2) is 4.79 Å². The van der Waals surface area contributed by atoms with E-state index in [2.05, 4.69) is 11.9 Å². The van der Waals surface area contributed by atoms with E-state index in [0.717, 1.165) is 10.5 Å². The van der Waals surface area contributed by atoms with Gasteiger partial charge in [-0.05, 0) is 23.8 Å². The Bertz CT molecular complexity index is 609. The highest BCUT2D eigenvalue weighted by Crippen LogP contribution is 2.14. The summed E-state index contributed by atoms with van der Waals surface area (Å²) in [6.07, 6.45) is 3.06. The summed E-state index contributed by atoms with van der Waals surface area (Å²) in [4.78, 5) is 24.5. The summed E-state index contributed by atoms with van der Waals surface area (Å²) in [7, 11) is 0. The molecule has 0 aliphatic carbocycles. The van der Waals surface area contributed by atoms with E-state index in [4.69, 9.17) is 5.26 Å². The number of amides is 3. The third-order valence-electron chi connectivity index (χ3n) is 2.62. The number of rotatable bonds is 3. The minimum absolute atomic E-state index is 0.176. The molecule has 2 rings (SSSR count). The second-order valence-corrected chi connectivity index (χ2v) is 3.93. The molecule has 19 heavy (non-hydrogen) atoms. The van der Waals surface area contributed by atoms with Gasteiger partial charge in [0.25, 0.3) is 5.91 Å². The Kier molecular flexibility index (Phi) is 3.44. The fourth-order valence-electron chi connectivity index (χ4n) is 1.69. The van der Waals surface area contributed by atoms with Crippen LogP contribution in [-0.2, 0) is 4.79 Å². The van der Waals surface area contributed by atoms with Crippen LogP contribution in [0.1, 0.15) is 11.1 Å². The van der Waals surface area contributed by atoms with Gasteiger partial charge in [0.15, 0.2) is 0 Å². The molecular weight excluding hydrogens is 242 g/mol. The van der Waals surface area contributed by atoms with Gasteiger partial charge in [-0.1, -0.05) is 18.2 Å². The lowest BCUT2D eigenvalue weighted by molar-refractivity contribution is -0.122. The molecule has 0 radical (unpaired) electrons. The van der Waals surface area contributed by atoms with Crippen LogP contribution >= 0.6 is 0 Å². The molecule has 5 heteroatoms. The van der Waals surface area contributed by atoms with Gasteiger partial charge in [-0.3, -0.25) is 9.69 Å². The van der Waals surface area contributed by atoms with E-state index in [1.807, 2.05) is 6.07 Å². The first-order valence-electron chi connectivity index (χ1n) is 5.61. The second kappa shape index (κ2) is 5.19. The molecule has 0 saturated carbocycles. The maximum atomic E-state index is 11.9. The highest BCUT2D eigenvalue weighted by atomic mass is 16.2. The molecule has 1 N–H and O–H groups in total. The van der Waals surface area contributed by atoms with Crippen LogP contribution < -0.4 is 5.32 Å². The van der Waals surface area contributed by atoms with Crippen molar-refractivity contribution in [2.75, 3.05) is 6.54 Å². The lowest BCUT2D eigenvalue weighted by atomic mass is 10.1. The zero-order valence-electron chi connectivity index (χ0n) is 10.1. The second-order valence-electron chi connectivity index (χ2n) is 3.93. The molecule has 3 amide bonds. The van der Waals surface area contributed by atoms with Crippen molar-refractivity contribution in [2.45, 2.75) is 0 Å². The van der Waals surface area contributed by atoms with E-state index in [1.54, 1.807) is 30.3 Å². The molecule has 1 saturated heterocycles. The molecule has 5 nitrogen and oxygen atoms in total. The molecule has 1 heterocycles. The quantitative estimate of drug-likeness (QED) is 0.505. The van der Waals surface area contributed by atoms with Gasteiger partial charge >= 0.3 is 6.03 Å². The minimum Gasteiger partial charge on any atom is -0.303 e. The van der Waals surface area contributed by atoms with Crippen molar-refractivity contribution in [2.24, 2.45) is 0 Å². The molecule has 0 aromatic heterocycles. The predicted octanol–water partition coefficient (Wildman–Crippen LogP) is 1.64. The first-order valence-corrected chi connectivity index (χ1v) is 5.61. The number of hydrogen-bond donors (Lipinski definition) is 1. The Labute approximate surface area is 110 Å². The van der Waals surface area contributed by atoms with E-state index in [0.29, 0.717) is 5.56 Å². The van der Waals surface area contributed by atoms with Gasteiger partial charge in [0.2, 0.25) is 0 Å². The van der Waals surface area contributed by atoms with Gasteiger partial charge < -0.3 is 5.32 Å². The summed E-state index contributed by atoms with van der Waals surface area (Å²) in [5, 5.41) is 11.2. The molecular formula is C14H11N3O2. The number of imide groups is 1. The van der Waals surface area contributed by atoms with Crippen LogP contribution in [0, 0.1) is 11.3 Å². The van der Waals surface area contributed by atoms with Crippen molar-refractivity contribution < 1.29 is 9.59 Å². The number of benzene rings is 1. The maximum absolute atomic E-state index is 11.9. The van der Waals surface area contributed by atoms with Crippen LogP contribution in [-0.4, -0.2) is 23.4 Å².